The molecule has 3 heteroatoms. The predicted octanol–water partition coefficient (Wildman–Crippen LogP) is 3.17. The lowest BCUT2D eigenvalue weighted by atomic mass is 10.1. The summed E-state index contributed by atoms with van der Waals surface area (Å²) in [4.78, 5) is 2.04. The Hall–Kier alpha value is -1.09. The van der Waals surface area contributed by atoms with Gasteiger partial charge in [0.2, 0.25) is 0 Å². The van der Waals surface area contributed by atoms with E-state index in [-0.39, 0.29) is 5.82 Å². The fourth-order valence-electron chi connectivity index (χ4n) is 2.17. The zero-order valence-electron chi connectivity index (χ0n) is 11.4. The average Bonchev–Trinajstić information content (AvgIpc) is 3.13. The molecule has 18 heavy (non-hydrogen) atoms. The van der Waals surface area contributed by atoms with Gasteiger partial charge in [-0.1, -0.05) is 13.0 Å². The Kier molecular flexibility index (Phi) is 4.59. The Morgan fingerprint density at radius 3 is 2.78 bits per heavy atom. The van der Waals surface area contributed by atoms with Gasteiger partial charge in [0.05, 0.1) is 5.69 Å². The molecular weight excluding hydrogens is 227 g/mol. The van der Waals surface area contributed by atoms with Crippen LogP contribution in [0.3, 0.4) is 0 Å². The van der Waals surface area contributed by atoms with Gasteiger partial charge in [-0.2, -0.15) is 0 Å². The molecule has 0 radical (unpaired) electrons. The van der Waals surface area contributed by atoms with Crippen LogP contribution in [0.1, 0.15) is 31.7 Å². The van der Waals surface area contributed by atoms with E-state index in [9.17, 15) is 4.39 Å². The molecule has 0 spiro atoms. The average molecular weight is 250 g/mol. The van der Waals surface area contributed by atoms with Crippen LogP contribution in [0.5, 0.6) is 0 Å². The van der Waals surface area contributed by atoms with E-state index in [0.29, 0.717) is 0 Å². The number of halogens is 1. The number of hydrogen-bond acceptors (Lipinski definition) is 2. The van der Waals surface area contributed by atoms with Crippen molar-refractivity contribution in [2.45, 2.75) is 32.7 Å². The van der Waals surface area contributed by atoms with E-state index in [4.69, 9.17) is 0 Å². The van der Waals surface area contributed by atoms with E-state index in [2.05, 4.69) is 12.2 Å². The van der Waals surface area contributed by atoms with Gasteiger partial charge >= 0.3 is 0 Å². The molecule has 0 heterocycles. The topological polar surface area (TPSA) is 15.3 Å². The second-order valence-corrected chi connectivity index (χ2v) is 5.29. The first-order valence-electron chi connectivity index (χ1n) is 6.91. The molecule has 1 aromatic carbocycles. The highest BCUT2D eigenvalue weighted by Gasteiger charge is 2.23. The van der Waals surface area contributed by atoms with Gasteiger partial charge in [0.25, 0.3) is 0 Å². The van der Waals surface area contributed by atoms with Crippen molar-refractivity contribution in [2.24, 2.45) is 5.92 Å². The van der Waals surface area contributed by atoms with Gasteiger partial charge < -0.3 is 10.2 Å². The summed E-state index contributed by atoms with van der Waals surface area (Å²) in [7, 11) is 1.98. The molecule has 1 aliphatic carbocycles. The fraction of sp³-hybridized carbons (Fsp3) is 0.600. The van der Waals surface area contributed by atoms with Crippen molar-refractivity contribution in [1.29, 1.82) is 0 Å². The molecule has 0 aromatic heterocycles. The normalized spacial score (nSPS) is 14.8. The number of anilines is 1. The molecule has 1 saturated carbocycles. The summed E-state index contributed by atoms with van der Waals surface area (Å²) in [5.41, 5.74) is 1.74. The van der Waals surface area contributed by atoms with Crippen molar-refractivity contribution in [2.75, 3.05) is 25.0 Å². The maximum atomic E-state index is 14.0. The Bertz CT molecular complexity index is 388. The Balaban J connectivity index is 1.95. The Morgan fingerprint density at radius 2 is 2.17 bits per heavy atom. The number of nitrogens with zero attached hydrogens (tertiary/aromatic N) is 1. The highest BCUT2D eigenvalue weighted by molar-refractivity contribution is 5.48. The van der Waals surface area contributed by atoms with Gasteiger partial charge in [-0.25, -0.2) is 4.39 Å². The third kappa shape index (κ3) is 3.70. The standard InChI is InChI=1S/C15H23FN2/c1-3-8-17-10-13-6-7-15(14(16)9-13)18(2)11-12-4-5-12/h6-7,9,12,17H,3-5,8,10-11H2,1-2H3. The molecule has 0 saturated heterocycles. The van der Waals surface area contributed by atoms with Gasteiger partial charge in [-0.15, -0.1) is 0 Å². The van der Waals surface area contributed by atoms with Crippen LogP contribution >= 0.6 is 0 Å². The van der Waals surface area contributed by atoms with Crippen LogP contribution in [0.2, 0.25) is 0 Å². The van der Waals surface area contributed by atoms with Crippen molar-refractivity contribution in [1.82, 2.24) is 5.32 Å². The Labute approximate surface area is 109 Å². The van der Waals surface area contributed by atoms with Crippen LogP contribution in [-0.4, -0.2) is 20.1 Å². The lowest BCUT2D eigenvalue weighted by Crippen LogP contribution is -2.21. The van der Waals surface area contributed by atoms with E-state index in [1.54, 1.807) is 6.07 Å². The molecule has 0 amide bonds. The molecule has 1 N–H and O–H groups in total. The first-order valence-corrected chi connectivity index (χ1v) is 6.91. The summed E-state index contributed by atoms with van der Waals surface area (Å²) in [6, 6.07) is 5.58. The van der Waals surface area contributed by atoms with Crippen LogP contribution in [-0.2, 0) is 6.54 Å². The molecule has 1 aromatic rings. The van der Waals surface area contributed by atoms with Gasteiger partial charge in [-0.3, -0.25) is 0 Å². The van der Waals surface area contributed by atoms with E-state index < -0.39 is 0 Å². The molecule has 1 fully saturated rings. The van der Waals surface area contributed by atoms with Crippen LogP contribution in [0, 0.1) is 11.7 Å². The second kappa shape index (κ2) is 6.19. The highest BCUT2D eigenvalue weighted by atomic mass is 19.1. The molecule has 0 bridgehead atoms. The number of benzene rings is 1. The molecule has 100 valence electrons. The number of hydrogen-bond donors (Lipinski definition) is 1. The molecule has 2 nitrogen and oxygen atoms in total. The highest BCUT2D eigenvalue weighted by Crippen LogP contribution is 2.31. The van der Waals surface area contributed by atoms with Crippen molar-refractivity contribution >= 4 is 5.69 Å². The maximum Gasteiger partial charge on any atom is 0.146 e. The minimum atomic E-state index is -0.103. The molecule has 0 unspecified atom stereocenters. The van der Waals surface area contributed by atoms with Crippen molar-refractivity contribution in [3.05, 3.63) is 29.6 Å². The van der Waals surface area contributed by atoms with Crippen molar-refractivity contribution in [3.8, 4) is 0 Å². The van der Waals surface area contributed by atoms with Gasteiger partial charge in [0, 0.05) is 20.1 Å². The summed E-state index contributed by atoms with van der Waals surface area (Å²) >= 11 is 0. The predicted molar refractivity (Wildman–Crippen MR) is 74.4 cm³/mol. The minimum Gasteiger partial charge on any atom is -0.372 e. The smallest absolute Gasteiger partial charge is 0.146 e. The quantitative estimate of drug-likeness (QED) is 0.748. The monoisotopic (exact) mass is 250 g/mol. The zero-order chi connectivity index (χ0) is 13.0. The van der Waals surface area contributed by atoms with E-state index >= 15 is 0 Å². The van der Waals surface area contributed by atoms with Crippen LogP contribution in [0.4, 0.5) is 10.1 Å². The molecular formula is C15H23FN2. The maximum absolute atomic E-state index is 14.0. The van der Waals surface area contributed by atoms with Crippen LogP contribution in [0.25, 0.3) is 0 Å². The SMILES string of the molecule is CCCNCc1ccc(N(C)CC2CC2)c(F)c1. The molecule has 1 aliphatic rings. The lowest BCUT2D eigenvalue weighted by Gasteiger charge is -2.20. The van der Waals surface area contributed by atoms with E-state index in [1.165, 1.54) is 12.8 Å². The second-order valence-electron chi connectivity index (χ2n) is 5.29. The molecule has 0 aliphatic heterocycles. The zero-order valence-corrected chi connectivity index (χ0v) is 11.4. The summed E-state index contributed by atoms with van der Waals surface area (Å²) in [5, 5.41) is 3.29. The van der Waals surface area contributed by atoms with Crippen molar-refractivity contribution in [3.63, 3.8) is 0 Å². The number of rotatable bonds is 7. The van der Waals surface area contributed by atoms with E-state index in [0.717, 1.165) is 43.2 Å². The first-order chi connectivity index (χ1) is 8.70. The number of nitrogens with one attached hydrogen (secondary N) is 1. The summed E-state index contributed by atoms with van der Waals surface area (Å²) in [6.45, 7) is 4.83. The lowest BCUT2D eigenvalue weighted by molar-refractivity contribution is 0.612. The third-order valence-corrected chi connectivity index (χ3v) is 3.41. The van der Waals surface area contributed by atoms with Gasteiger partial charge in [0.1, 0.15) is 5.82 Å². The summed E-state index contributed by atoms with van der Waals surface area (Å²) in [6.07, 6.45) is 3.70. The van der Waals surface area contributed by atoms with Gasteiger partial charge in [-0.05, 0) is 49.4 Å². The summed E-state index contributed by atoms with van der Waals surface area (Å²) in [5.74, 6) is 0.675. The summed E-state index contributed by atoms with van der Waals surface area (Å²) < 4.78 is 14.0. The van der Waals surface area contributed by atoms with E-state index in [1.807, 2.05) is 24.1 Å². The molecule has 0 atom stereocenters. The first kappa shape index (κ1) is 13.3. The van der Waals surface area contributed by atoms with Crippen LogP contribution in [0.15, 0.2) is 18.2 Å². The minimum absolute atomic E-state index is 0.103. The van der Waals surface area contributed by atoms with Crippen molar-refractivity contribution < 1.29 is 4.39 Å². The third-order valence-electron chi connectivity index (χ3n) is 3.41. The van der Waals surface area contributed by atoms with Gasteiger partial charge in [0.15, 0.2) is 0 Å². The molecule has 2 rings (SSSR count). The largest absolute Gasteiger partial charge is 0.372 e. The fourth-order valence-corrected chi connectivity index (χ4v) is 2.17. The Morgan fingerprint density at radius 1 is 1.39 bits per heavy atom. The van der Waals surface area contributed by atoms with Crippen LogP contribution < -0.4 is 10.2 Å².